The fourth-order valence-electron chi connectivity index (χ4n) is 8.78. The molecular formula is C57H35N5. The van der Waals surface area contributed by atoms with Gasteiger partial charge in [-0.1, -0.05) is 158 Å². The van der Waals surface area contributed by atoms with Gasteiger partial charge in [-0.3, -0.25) is 4.98 Å². The minimum atomic E-state index is 0.657. The first kappa shape index (κ1) is 35.5. The first-order valence-electron chi connectivity index (χ1n) is 20.8. The van der Waals surface area contributed by atoms with Crippen LogP contribution in [0.5, 0.6) is 0 Å². The third-order valence-electron chi connectivity index (χ3n) is 12.0. The normalized spacial score (nSPS) is 11.5. The predicted molar refractivity (Wildman–Crippen MR) is 256 cm³/mol. The maximum atomic E-state index is 5.26. The highest BCUT2D eigenvalue weighted by atomic mass is 14.9. The Labute approximate surface area is 357 Å². The monoisotopic (exact) mass is 789 g/mol. The van der Waals surface area contributed by atoms with Crippen molar-refractivity contribution in [3.8, 4) is 67.4 Å². The number of benzene rings is 8. The van der Waals surface area contributed by atoms with Gasteiger partial charge in [-0.25, -0.2) is 19.9 Å². The molecule has 4 heterocycles. The van der Waals surface area contributed by atoms with Gasteiger partial charge >= 0.3 is 0 Å². The van der Waals surface area contributed by atoms with E-state index < -0.39 is 0 Å². The molecule has 0 N–H and O–H groups in total. The Balaban J connectivity index is 0.875. The number of hydrogen-bond donors (Lipinski definition) is 0. The van der Waals surface area contributed by atoms with Crippen molar-refractivity contribution in [3.63, 3.8) is 0 Å². The van der Waals surface area contributed by atoms with E-state index >= 15 is 0 Å². The summed E-state index contributed by atoms with van der Waals surface area (Å²) in [6.45, 7) is 0. The van der Waals surface area contributed by atoms with E-state index in [2.05, 4.69) is 175 Å². The second-order valence-electron chi connectivity index (χ2n) is 15.7. The maximum Gasteiger partial charge on any atom is 0.161 e. The molecule has 5 heteroatoms. The smallest absolute Gasteiger partial charge is 0.161 e. The predicted octanol–water partition coefficient (Wildman–Crippen LogP) is 14.4. The third-order valence-corrected chi connectivity index (χ3v) is 12.0. The number of aromatic nitrogens is 5. The number of nitrogens with zero attached hydrogens (tertiary/aromatic N) is 5. The lowest BCUT2D eigenvalue weighted by Gasteiger charge is -2.12. The Hall–Kier alpha value is -8.41. The van der Waals surface area contributed by atoms with E-state index in [0.29, 0.717) is 5.82 Å². The van der Waals surface area contributed by atoms with Gasteiger partial charge in [-0.15, -0.1) is 0 Å². The van der Waals surface area contributed by atoms with Crippen LogP contribution in [0, 0.1) is 0 Å². The molecule has 12 rings (SSSR count). The number of pyridine rings is 3. The summed E-state index contributed by atoms with van der Waals surface area (Å²) >= 11 is 0. The van der Waals surface area contributed by atoms with Crippen LogP contribution in [0.3, 0.4) is 0 Å². The second kappa shape index (κ2) is 14.7. The number of hydrogen-bond acceptors (Lipinski definition) is 5. The van der Waals surface area contributed by atoms with Gasteiger partial charge in [0.25, 0.3) is 0 Å². The van der Waals surface area contributed by atoms with Crippen LogP contribution in [0.25, 0.3) is 122 Å². The quantitative estimate of drug-likeness (QED) is 0.157. The van der Waals surface area contributed by atoms with Crippen LogP contribution in [0.15, 0.2) is 213 Å². The second-order valence-corrected chi connectivity index (χ2v) is 15.7. The van der Waals surface area contributed by atoms with Crippen molar-refractivity contribution >= 4 is 54.3 Å². The first-order valence-corrected chi connectivity index (χ1v) is 20.8. The molecule has 4 aromatic heterocycles. The molecule has 288 valence electrons. The van der Waals surface area contributed by atoms with Gasteiger partial charge in [0.15, 0.2) is 5.82 Å². The number of fused-ring (bicyclic) bond motifs is 7. The highest BCUT2D eigenvalue weighted by Gasteiger charge is 2.15. The molecule has 62 heavy (non-hydrogen) atoms. The average Bonchev–Trinajstić information content (AvgIpc) is 3.36. The van der Waals surface area contributed by atoms with Gasteiger partial charge in [0, 0.05) is 50.8 Å². The Bertz CT molecular complexity index is 3660. The van der Waals surface area contributed by atoms with Crippen molar-refractivity contribution in [1.29, 1.82) is 0 Å². The average molecular weight is 790 g/mol. The molecule has 0 radical (unpaired) electrons. The molecule has 0 spiro atoms. The zero-order chi connectivity index (χ0) is 41.0. The molecule has 8 aromatic carbocycles. The fraction of sp³-hybridized carbons (Fsp3) is 0. The summed E-state index contributed by atoms with van der Waals surface area (Å²) in [4.78, 5) is 24.8. The van der Waals surface area contributed by atoms with Crippen LogP contribution in [0.4, 0.5) is 0 Å². The Morgan fingerprint density at radius 1 is 0.306 bits per heavy atom. The van der Waals surface area contributed by atoms with Crippen LogP contribution < -0.4 is 0 Å². The Morgan fingerprint density at radius 2 is 0.887 bits per heavy atom. The number of rotatable bonds is 6. The van der Waals surface area contributed by atoms with E-state index in [1.165, 1.54) is 32.7 Å². The Morgan fingerprint density at radius 3 is 1.58 bits per heavy atom. The zero-order valence-electron chi connectivity index (χ0n) is 33.4. The van der Waals surface area contributed by atoms with E-state index in [-0.39, 0.29) is 0 Å². The van der Waals surface area contributed by atoms with E-state index in [4.69, 9.17) is 19.9 Å². The van der Waals surface area contributed by atoms with Crippen LogP contribution >= 0.6 is 0 Å². The van der Waals surface area contributed by atoms with E-state index in [1.807, 2.05) is 30.3 Å². The summed E-state index contributed by atoms with van der Waals surface area (Å²) < 4.78 is 0. The van der Waals surface area contributed by atoms with Gasteiger partial charge in [0.05, 0.1) is 33.6 Å². The third kappa shape index (κ3) is 6.23. The van der Waals surface area contributed by atoms with Gasteiger partial charge < -0.3 is 0 Å². The van der Waals surface area contributed by atoms with Crippen LogP contribution in [0.1, 0.15) is 0 Å². The topological polar surface area (TPSA) is 64.5 Å². The van der Waals surface area contributed by atoms with Gasteiger partial charge in [0.1, 0.15) is 0 Å². The SMILES string of the molecule is c1ccc(-c2nc(-c3cccnc3)nc3ccc(-c4ccc(-c5ccc6ccc7ccc(-c8ccc(-c9cc%10ccccc%10c%10ccccc9%10)cc8)nc7c6n5)cc4)cc23)cc1. The van der Waals surface area contributed by atoms with E-state index in [0.717, 1.165) is 83.2 Å². The van der Waals surface area contributed by atoms with Gasteiger partial charge in [-0.05, 0) is 86.3 Å². The van der Waals surface area contributed by atoms with Crippen LogP contribution in [0.2, 0.25) is 0 Å². The molecule has 0 bridgehead atoms. The summed E-state index contributed by atoms with van der Waals surface area (Å²) in [5, 5.41) is 8.15. The van der Waals surface area contributed by atoms with Crippen molar-refractivity contribution in [1.82, 2.24) is 24.9 Å². The summed E-state index contributed by atoms with van der Waals surface area (Å²) in [5.74, 6) is 0.657. The van der Waals surface area contributed by atoms with E-state index in [1.54, 1.807) is 12.4 Å². The molecule has 12 aromatic rings. The molecule has 0 amide bonds. The zero-order valence-corrected chi connectivity index (χ0v) is 33.4. The van der Waals surface area contributed by atoms with Crippen molar-refractivity contribution < 1.29 is 0 Å². The van der Waals surface area contributed by atoms with Crippen molar-refractivity contribution in [2.75, 3.05) is 0 Å². The molecule has 0 saturated carbocycles. The minimum Gasteiger partial charge on any atom is -0.264 e. The summed E-state index contributed by atoms with van der Waals surface area (Å²) in [7, 11) is 0. The van der Waals surface area contributed by atoms with Crippen molar-refractivity contribution in [2.45, 2.75) is 0 Å². The molecule has 0 aliphatic heterocycles. The molecule has 0 fully saturated rings. The highest BCUT2D eigenvalue weighted by Crippen LogP contribution is 2.37. The lowest BCUT2D eigenvalue weighted by molar-refractivity contribution is 1.21. The Kier molecular flexibility index (Phi) is 8.42. The molecule has 0 aliphatic carbocycles. The maximum absolute atomic E-state index is 5.26. The van der Waals surface area contributed by atoms with Crippen molar-refractivity contribution in [3.05, 3.63) is 213 Å². The minimum absolute atomic E-state index is 0.657. The molecule has 0 aliphatic rings. The summed E-state index contributed by atoms with van der Waals surface area (Å²) in [5.41, 5.74) is 14.0. The molecule has 0 unspecified atom stereocenters. The molecule has 0 saturated heterocycles. The highest BCUT2D eigenvalue weighted by molar-refractivity contribution is 6.14. The van der Waals surface area contributed by atoms with Gasteiger partial charge in [0.2, 0.25) is 0 Å². The van der Waals surface area contributed by atoms with Crippen LogP contribution in [-0.4, -0.2) is 24.9 Å². The largest absolute Gasteiger partial charge is 0.264 e. The first-order chi connectivity index (χ1) is 30.7. The molecular weight excluding hydrogens is 755 g/mol. The van der Waals surface area contributed by atoms with Gasteiger partial charge in [-0.2, -0.15) is 0 Å². The fourth-order valence-corrected chi connectivity index (χ4v) is 8.78. The molecule has 5 nitrogen and oxygen atoms in total. The van der Waals surface area contributed by atoms with Crippen LogP contribution in [-0.2, 0) is 0 Å². The standard InChI is InChI=1S/C57H35N5/c1-2-9-40(10-3-1)54-50-33-43(28-31-53(50)61-57(62-54)45-12-8-32-58-35-45)36-16-20-38(21-17-36)51-29-26-41-24-25-42-27-30-52(60-56(42)55(41)59-51)39-22-18-37(19-23-39)49-34-44-11-4-5-13-46(44)47-14-6-7-15-48(47)49/h1-35H. The lowest BCUT2D eigenvalue weighted by Crippen LogP contribution is -1.96. The van der Waals surface area contributed by atoms with E-state index in [9.17, 15) is 0 Å². The summed E-state index contributed by atoms with van der Waals surface area (Å²) in [6, 6.07) is 70.5. The van der Waals surface area contributed by atoms with Crippen molar-refractivity contribution in [2.24, 2.45) is 0 Å². The summed E-state index contributed by atoms with van der Waals surface area (Å²) in [6.07, 6.45) is 3.57. The molecule has 0 atom stereocenters. The lowest BCUT2D eigenvalue weighted by atomic mass is 9.93.